The molecule has 1 rings (SSSR count). The summed E-state index contributed by atoms with van der Waals surface area (Å²) in [5.41, 5.74) is 1.29. The molecule has 12 heavy (non-hydrogen) atoms. The highest BCUT2D eigenvalue weighted by Gasteiger charge is 2.09. The molecule has 0 spiro atoms. The molecule has 1 unspecified atom stereocenters. The van der Waals surface area contributed by atoms with Crippen LogP contribution in [0, 0.1) is 0 Å². The molecule has 0 aromatic rings. The van der Waals surface area contributed by atoms with E-state index in [4.69, 9.17) is 0 Å². The van der Waals surface area contributed by atoms with Gasteiger partial charge in [-0.15, -0.1) is 0 Å². The van der Waals surface area contributed by atoms with Crippen molar-refractivity contribution in [1.29, 1.82) is 0 Å². The molecule has 70 valence electrons. The van der Waals surface area contributed by atoms with Gasteiger partial charge in [-0.25, -0.2) is 0 Å². The summed E-state index contributed by atoms with van der Waals surface area (Å²) < 4.78 is 0. The Kier molecular flexibility index (Phi) is 4.37. The van der Waals surface area contributed by atoms with Crippen molar-refractivity contribution in [2.24, 2.45) is 0 Å². The van der Waals surface area contributed by atoms with Crippen molar-refractivity contribution in [3.05, 3.63) is 11.6 Å². The molecule has 1 nitrogen and oxygen atoms in total. The van der Waals surface area contributed by atoms with Crippen LogP contribution in [0.2, 0.25) is 0 Å². The second kappa shape index (κ2) is 5.36. The summed E-state index contributed by atoms with van der Waals surface area (Å²) in [6.07, 6.45) is 10.5. The third kappa shape index (κ3) is 2.98. The Hall–Kier alpha value is -0.300. The van der Waals surface area contributed by atoms with E-state index in [-0.39, 0.29) is 6.10 Å². The first-order chi connectivity index (χ1) is 5.84. The molecule has 0 heterocycles. The Morgan fingerprint density at radius 3 is 2.83 bits per heavy atom. The summed E-state index contributed by atoms with van der Waals surface area (Å²) in [7, 11) is 0. The third-order valence-electron chi connectivity index (χ3n) is 2.64. The smallest absolute Gasteiger partial charge is 0.0747 e. The minimum Gasteiger partial charge on any atom is -0.389 e. The zero-order valence-corrected chi connectivity index (χ0v) is 8.05. The molecule has 0 saturated carbocycles. The largest absolute Gasteiger partial charge is 0.389 e. The first-order valence-corrected chi connectivity index (χ1v) is 5.21. The van der Waals surface area contributed by atoms with Gasteiger partial charge in [0.25, 0.3) is 0 Å². The van der Waals surface area contributed by atoms with Gasteiger partial charge in [-0.05, 0) is 37.7 Å². The Balaban J connectivity index is 2.46. The van der Waals surface area contributed by atoms with E-state index < -0.39 is 0 Å². The fourth-order valence-corrected chi connectivity index (χ4v) is 1.78. The van der Waals surface area contributed by atoms with Crippen molar-refractivity contribution >= 4 is 0 Å². The minimum absolute atomic E-state index is 0.164. The van der Waals surface area contributed by atoms with Crippen molar-refractivity contribution in [3.8, 4) is 0 Å². The SMILES string of the molecule is CCC(O)C1=CCCCCCC1. The number of aliphatic hydroxyl groups excluding tert-OH is 1. The van der Waals surface area contributed by atoms with Gasteiger partial charge >= 0.3 is 0 Å². The number of rotatable bonds is 2. The molecular weight excluding hydrogens is 148 g/mol. The highest BCUT2D eigenvalue weighted by molar-refractivity contribution is 5.08. The number of allylic oxidation sites excluding steroid dienone is 1. The first kappa shape index (κ1) is 9.79. The fraction of sp³-hybridized carbons (Fsp3) is 0.818. The second-order valence-corrected chi connectivity index (χ2v) is 3.66. The van der Waals surface area contributed by atoms with E-state index >= 15 is 0 Å². The van der Waals surface area contributed by atoms with Crippen LogP contribution in [0.25, 0.3) is 0 Å². The summed E-state index contributed by atoms with van der Waals surface area (Å²) in [5, 5.41) is 9.63. The van der Waals surface area contributed by atoms with E-state index in [2.05, 4.69) is 6.08 Å². The molecule has 1 aliphatic carbocycles. The molecule has 0 aliphatic heterocycles. The van der Waals surface area contributed by atoms with Crippen molar-refractivity contribution in [2.45, 2.75) is 58.0 Å². The Morgan fingerprint density at radius 2 is 2.08 bits per heavy atom. The van der Waals surface area contributed by atoms with Crippen LogP contribution in [0.5, 0.6) is 0 Å². The lowest BCUT2D eigenvalue weighted by atomic mass is 9.95. The van der Waals surface area contributed by atoms with Crippen LogP contribution in [-0.4, -0.2) is 11.2 Å². The third-order valence-corrected chi connectivity index (χ3v) is 2.64. The topological polar surface area (TPSA) is 20.2 Å². The second-order valence-electron chi connectivity index (χ2n) is 3.66. The number of hydrogen-bond donors (Lipinski definition) is 1. The quantitative estimate of drug-likeness (QED) is 0.628. The molecule has 0 bridgehead atoms. The van der Waals surface area contributed by atoms with Gasteiger partial charge < -0.3 is 5.11 Å². The van der Waals surface area contributed by atoms with Gasteiger partial charge in [0, 0.05) is 0 Å². The molecule has 0 aromatic carbocycles. The van der Waals surface area contributed by atoms with E-state index in [1.165, 1.54) is 37.7 Å². The van der Waals surface area contributed by atoms with Crippen LogP contribution >= 0.6 is 0 Å². The van der Waals surface area contributed by atoms with Crippen molar-refractivity contribution in [2.75, 3.05) is 0 Å². The maximum absolute atomic E-state index is 9.63. The van der Waals surface area contributed by atoms with Gasteiger partial charge in [0.15, 0.2) is 0 Å². The summed E-state index contributed by atoms with van der Waals surface area (Å²) in [6, 6.07) is 0. The molecule has 1 aliphatic rings. The molecule has 0 amide bonds. The average Bonchev–Trinajstić information content (AvgIpc) is 2.02. The molecule has 0 aromatic heterocycles. The molecular formula is C11H20O. The summed E-state index contributed by atoms with van der Waals surface area (Å²) in [4.78, 5) is 0. The average molecular weight is 168 g/mol. The van der Waals surface area contributed by atoms with Crippen LogP contribution in [0.3, 0.4) is 0 Å². The Morgan fingerprint density at radius 1 is 1.33 bits per heavy atom. The van der Waals surface area contributed by atoms with Gasteiger partial charge in [0.2, 0.25) is 0 Å². The zero-order chi connectivity index (χ0) is 8.81. The van der Waals surface area contributed by atoms with E-state index in [0.29, 0.717) is 0 Å². The lowest BCUT2D eigenvalue weighted by molar-refractivity contribution is 0.200. The van der Waals surface area contributed by atoms with Crippen LogP contribution in [-0.2, 0) is 0 Å². The zero-order valence-electron chi connectivity index (χ0n) is 8.05. The number of hydrogen-bond acceptors (Lipinski definition) is 1. The monoisotopic (exact) mass is 168 g/mol. The predicted octanol–water partition coefficient (Wildman–Crippen LogP) is 3.04. The van der Waals surface area contributed by atoms with Gasteiger partial charge in [0.1, 0.15) is 0 Å². The summed E-state index contributed by atoms with van der Waals surface area (Å²) >= 11 is 0. The minimum atomic E-state index is -0.164. The lowest BCUT2D eigenvalue weighted by Gasteiger charge is -2.15. The van der Waals surface area contributed by atoms with Crippen molar-refractivity contribution < 1.29 is 5.11 Å². The van der Waals surface area contributed by atoms with Gasteiger partial charge in [-0.1, -0.05) is 25.8 Å². The van der Waals surface area contributed by atoms with Crippen LogP contribution < -0.4 is 0 Å². The van der Waals surface area contributed by atoms with Gasteiger partial charge in [-0.2, -0.15) is 0 Å². The van der Waals surface area contributed by atoms with E-state index in [1.54, 1.807) is 0 Å². The molecule has 0 radical (unpaired) electrons. The maximum Gasteiger partial charge on any atom is 0.0747 e. The van der Waals surface area contributed by atoms with E-state index in [1.807, 2.05) is 6.92 Å². The van der Waals surface area contributed by atoms with E-state index in [9.17, 15) is 5.11 Å². The lowest BCUT2D eigenvalue weighted by Crippen LogP contribution is -2.09. The molecule has 0 saturated heterocycles. The maximum atomic E-state index is 9.63. The standard InChI is InChI=1S/C11H20O/c1-2-11(12)10-8-6-4-3-5-7-9-10/h8,11-12H,2-7,9H2,1H3. The fourth-order valence-electron chi connectivity index (χ4n) is 1.78. The van der Waals surface area contributed by atoms with Crippen molar-refractivity contribution in [1.82, 2.24) is 0 Å². The number of aliphatic hydroxyl groups is 1. The van der Waals surface area contributed by atoms with Crippen LogP contribution in [0.15, 0.2) is 11.6 Å². The van der Waals surface area contributed by atoms with Crippen LogP contribution in [0.1, 0.15) is 51.9 Å². The van der Waals surface area contributed by atoms with Gasteiger partial charge in [-0.3, -0.25) is 0 Å². The van der Waals surface area contributed by atoms with Gasteiger partial charge in [0.05, 0.1) is 6.10 Å². The summed E-state index contributed by atoms with van der Waals surface area (Å²) in [5.74, 6) is 0. The first-order valence-electron chi connectivity index (χ1n) is 5.21. The molecule has 1 heteroatoms. The normalized spacial score (nSPS) is 22.3. The highest BCUT2D eigenvalue weighted by atomic mass is 16.3. The highest BCUT2D eigenvalue weighted by Crippen LogP contribution is 2.20. The Labute approximate surface area is 75.5 Å². The Bertz CT molecular complexity index is 149. The van der Waals surface area contributed by atoms with Crippen molar-refractivity contribution in [3.63, 3.8) is 0 Å². The van der Waals surface area contributed by atoms with E-state index in [0.717, 1.165) is 12.8 Å². The molecule has 0 fully saturated rings. The summed E-state index contributed by atoms with van der Waals surface area (Å²) in [6.45, 7) is 2.05. The molecule has 1 N–H and O–H groups in total. The predicted molar refractivity (Wildman–Crippen MR) is 52.1 cm³/mol. The molecule has 1 atom stereocenters. The van der Waals surface area contributed by atoms with Crippen LogP contribution in [0.4, 0.5) is 0 Å².